The number of carbonyl (C=O) groups is 1. The molecule has 0 radical (unpaired) electrons. The summed E-state index contributed by atoms with van der Waals surface area (Å²) in [4.78, 5) is 12.9. The van der Waals surface area contributed by atoms with E-state index in [-0.39, 0.29) is 11.0 Å². The predicted molar refractivity (Wildman–Crippen MR) is 115 cm³/mol. The van der Waals surface area contributed by atoms with Gasteiger partial charge in [0.05, 0.1) is 12.8 Å². The fraction of sp³-hybridized carbons (Fsp3) is 0.227. The minimum Gasteiger partial charge on any atom is -0.477 e. The van der Waals surface area contributed by atoms with E-state index in [4.69, 9.17) is 4.52 Å². The minimum atomic E-state index is -3.25. The summed E-state index contributed by atoms with van der Waals surface area (Å²) in [7, 11) is -3.25. The number of carboxylic acid groups (broad SMARTS) is 1. The normalized spacial score (nSPS) is 13.2. The van der Waals surface area contributed by atoms with Crippen molar-refractivity contribution in [3.05, 3.63) is 76.2 Å². The van der Waals surface area contributed by atoms with E-state index in [9.17, 15) is 14.5 Å². The monoisotopic (exact) mass is 414 g/mol. The Hall–Kier alpha value is -2.20. The van der Waals surface area contributed by atoms with E-state index >= 15 is 0 Å². The van der Waals surface area contributed by atoms with Crippen LogP contribution >= 0.6 is 18.7 Å². The first-order valence-electron chi connectivity index (χ1n) is 9.07. The highest BCUT2D eigenvalue weighted by molar-refractivity contribution is 7.66. The van der Waals surface area contributed by atoms with Gasteiger partial charge in [0.25, 0.3) is 0 Å². The van der Waals surface area contributed by atoms with E-state index in [2.05, 4.69) is 0 Å². The van der Waals surface area contributed by atoms with Crippen molar-refractivity contribution >= 4 is 30.0 Å². The van der Waals surface area contributed by atoms with Crippen LogP contribution in [0.1, 0.15) is 33.3 Å². The molecular formula is C22H23O4PS. The summed E-state index contributed by atoms with van der Waals surface area (Å²) in [5, 5.41) is 10.4. The number of benzene rings is 2. The largest absolute Gasteiger partial charge is 0.477 e. The quantitative estimate of drug-likeness (QED) is 0.491. The van der Waals surface area contributed by atoms with Crippen molar-refractivity contribution in [3.63, 3.8) is 0 Å². The summed E-state index contributed by atoms with van der Waals surface area (Å²) >= 11 is 1.21. The maximum atomic E-state index is 13.8. The van der Waals surface area contributed by atoms with Crippen LogP contribution in [-0.2, 0) is 15.3 Å². The molecule has 146 valence electrons. The van der Waals surface area contributed by atoms with Gasteiger partial charge in [-0.15, -0.1) is 11.3 Å². The molecule has 6 heteroatoms. The van der Waals surface area contributed by atoms with Crippen LogP contribution in [0, 0.1) is 13.8 Å². The van der Waals surface area contributed by atoms with Crippen molar-refractivity contribution in [2.24, 2.45) is 0 Å². The van der Waals surface area contributed by atoms with Gasteiger partial charge in [0.1, 0.15) is 4.88 Å². The Balaban J connectivity index is 2.07. The van der Waals surface area contributed by atoms with Crippen LogP contribution in [0.3, 0.4) is 0 Å². The molecule has 0 aliphatic heterocycles. The molecule has 1 aromatic heterocycles. The van der Waals surface area contributed by atoms with Crippen molar-refractivity contribution in [1.29, 1.82) is 0 Å². The summed E-state index contributed by atoms with van der Waals surface area (Å²) in [6.45, 7) is 5.99. The third-order valence-electron chi connectivity index (χ3n) is 4.50. The van der Waals surface area contributed by atoms with Gasteiger partial charge >= 0.3 is 5.97 Å². The first-order chi connectivity index (χ1) is 13.3. The van der Waals surface area contributed by atoms with E-state index < -0.39 is 13.3 Å². The highest BCUT2D eigenvalue weighted by Gasteiger charge is 2.31. The number of aryl methyl sites for hydroxylation is 2. The molecule has 0 aliphatic carbocycles. The SMILES string of the molecule is CCOP(=O)(Cc1cc(-c2ccccc2)sc1C(=O)O)c1ccc(C)cc1C. The van der Waals surface area contributed by atoms with Crippen molar-refractivity contribution in [2.75, 3.05) is 6.61 Å². The Bertz CT molecular complexity index is 1040. The second-order valence-corrected chi connectivity index (χ2v) is 10.1. The molecule has 1 heterocycles. The molecule has 0 fully saturated rings. The zero-order valence-corrected chi connectivity index (χ0v) is 17.8. The fourth-order valence-corrected chi connectivity index (χ4v) is 6.84. The summed E-state index contributed by atoms with van der Waals surface area (Å²) in [6, 6.07) is 17.2. The lowest BCUT2D eigenvalue weighted by molar-refractivity contribution is 0.0701. The molecule has 0 aliphatic rings. The molecule has 0 bridgehead atoms. The van der Waals surface area contributed by atoms with Gasteiger partial charge < -0.3 is 9.63 Å². The molecule has 4 nitrogen and oxygen atoms in total. The van der Waals surface area contributed by atoms with Crippen LogP contribution in [0.5, 0.6) is 0 Å². The molecule has 3 aromatic rings. The second kappa shape index (κ2) is 8.44. The lowest BCUT2D eigenvalue weighted by atomic mass is 10.1. The van der Waals surface area contributed by atoms with E-state index in [0.29, 0.717) is 17.5 Å². The highest BCUT2D eigenvalue weighted by atomic mass is 32.1. The molecule has 3 rings (SSSR count). The maximum Gasteiger partial charge on any atom is 0.346 e. The van der Waals surface area contributed by atoms with Crippen molar-refractivity contribution < 1.29 is 19.0 Å². The van der Waals surface area contributed by atoms with Crippen LogP contribution in [0.2, 0.25) is 0 Å². The van der Waals surface area contributed by atoms with Gasteiger partial charge in [-0.3, -0.25) is 4.57 Å². The van der Waals surface area contributed by atoms with E-state index in [0.717, 1.165) is 21.6 Å². The van der Waals surface area contributed by atoms with Gasteiger partial charge in [-0.25, -0.2) is 4.79 Å². The standard InChI is InChI=1S/C22H23O4PS/c1-4-26-27(25,19-11-10-15(2)12-16(19)3)14-18-13-20(28-21(18)22(23)24)17-8-6-5-7-9-17/h5-13H,4,14H2,1-3H3,(H,23,24). The molecule has 0 spiro atoms. The number of rotatable bonds is 7. The Morgan fingerprint density at radius 3 is 2.43 bits per heavy atom. The van der Waals surface area contributed by atoms with Gasteiger partial charge in [0.2, 0.25) is 7.37 Å². The van der Waals surface area contributed by atoms with Crippen molar-refractivity contribution in [3.8, 4) is 10.4 Å². The number of hydrogen-bond acceptors (Lipinski definition) is 4. The van der Waals surface area contributed by atoms with Gasteiger partial charge in [-0.1, -0.05) is 48.0 Å². The average molecular weight is 414 g/mol. The Morgan fingerprint density at radius 2 is 1.82 bits per heavy atom. The molecule has 1 N–H and O–H groups in total. The van der Waals surface area contributed by atoms with Crippen LogP contribution in [0.4, 0.5) is 0 Å². The molecular weight excluding hydrogens is 391 g/mol. The molecule has 1 atom stereocenters. The third kappa shape index (κ3) is 4.27. The predicted octanol–water partition coefficient (Wildman–Crippen LogP) is 5.87. The van der Waals surface area contributed by atoms with Crippen LogP contribution < -0.4 is 5.30 Å². The zero-order chi connectivity index (χ0) is 20.3. The first-order valence-corrected chi connectivity index (χ1v) is 11.7. The molecule has 0 saturated heterocycles. The zero-order valence-electron chi connectivity index (χ0n) is 16.1. The average Bonchev–Trinajstić information content (AvgIpc) is 3.06. The highest BCUT2D eigenvalue weighted by Crippen LogP contribution is 2.51. The van der Waals surface area contributed by atoms with Gasteiger partial charge in [-0.2, -0.15) is 0 Å². The van der Waals surface area contributed by atoms with E-state index in [1.165, 1.54) is 11.3 Å². The lowest BCUT2D eigenvalue weighted by Crippen LogP contribution is -2.14. The lowest BCUT2D eigenvalue weighted by Gasteiger charge is -2.20. The molecule has 0 saturated carbocycles. The molecule has 1 unspecified atom stereocenters. The molecule has 2 aromatic carbocycles. The fourth-order valence-electron chi connectivity index (χ4n) is 3.29. The third-order valence-corrected chi connectivity index (χ3v) is 8.38. The summed E-state index contributed by atoms with van der Waals surface area (Å²) in [6.07, 6.45) is 0.0652. The maximum absolute atomic E-state index is 13.8. The molecule has 0 amide bonds. The van der Waals surface area contributed by atoms with Crippen LogP contribution in [0.15, 0.2) is 54.6 Å². The number of carboxylic acids is 1. The van der Waals surface area contributed by atoms with E-state index in [1.54, 1.807) is 6.92 Å². The minimum absolute atomic E-state index is 0.0652. The Morgan fingerprint density at radius 1 is 1.11 bits per heavy atom. The van der Waals surface area contributed by atoms with Gasteiger partial charge in [0, 0.05) is 10.2 Å². The van der Waals surface area contributed by atoms with E-state index in [1.807, 2.05) is 68.4 Å². The number of thiophene rings is 1. The van der Waals surface area contributed by atoms with Crippen LogP contribution in [0.25, 0.3) is 10.4 Å². The number of hydrogen-bond donors (Lipinski definition) is 1. The van der Waals surface area contributed by atoms with Gasteiger partial charge in [0.15, 0.2) is 0 Å². The second-order valence-electron chi connectivity index (χ2n) is 6.68. The van der Waals surface area contributed by atoms with Gasteiger partial charge in [-0.05, 0) is 49.6 Å². The Kier molecular flexibility index (Phi) is 6.19. The number of aromatic carboxylic acids is 1. The van der Waals surface area contributed by atoms with Crippen molar-refractivity contribution in [1.82, 2.24) is 0 Å². The van der Waals surface area contributed by atoms with Crippen molar-refractivity contribution in [2.45, 2.75) is 26.9 Å². The topological polar surface area (TPSA) is 63.6 Å². The Labute approximate surface area is 169 Å². The molecule has 28 heavy (non-hydrogen) atoms. The smallest absolute Gasteiger partial charge is 0.346 e. The summed E-state index contributed by atoms with van der Waals surface area (Å²) in [5.74, 6) is -1.01. The summed E-state index contributed by atoms with van der Waals surface area (Å²) in [5.41, 5.74) is 3.47. The first kappa shape index (κ1) is 20.5. The summed E-state index contributed by atoms with van der Waals surface area (Å²) < 4.78 is 19.6. The van der Waals surface area contributed by atoms with Crippen LogP contribution in [-0.4, -0.2) is 17.7 Å².